The van der Waals surface area contributed by atoms with Gasteiger partial charge >= 0.3 is 6.18 Å². The predicted octanol–water partition coefficient (Wildman–Crippen LogP) is 5.35. The summed E-state index contributed by atoms with van der Waals surface area (Å²) in [5.41, 5.74) is 0.767. The summed E-state index contributed by atoms with van der Waals surface area (Å²) in [4.78, 5) is 25.6. The topological polar surface area (TPSA) is 61.4 Å². The van der Waals surface area contributed by atoms with Gasteiger partial charge in [-0.25, -0.2) is 9.97 Å². The molecule has 2 aromatic carbocycles. The van der Waals surface area contributed by atoms with E-state index < -0.39 is 11.7 Å². The molecule has 0 saturated carbocycles. The van der Waals surface area contributed by atoms with Crippen LogP contribution in [0.2, 0.25) is 0 Å². The Morgan fingerprint density at radius 1 is 0.886 bits per heavy atom. The number of carbonyl (C=O) groups is 1. The summed E-state index contributed by atoms with van der Waals surface area (Å²) in [6, 6.07) is 19.7. The molecule has 1 saturated heterocycles. The third kappa shape index (κ3) is 5.03. The molecule has 1 amide bonds. The Kier molecular flexibility index (Phi) is 5.98. The minimum absolute atomic E-state index is 0.0410. The van der Waals surface area contributed by atoms with Gasteiger partial charge in [0.15, 0.2) is 0 Å². The van der Waals surface area contributed by atoms with Crippen molar-refractivity contribution in [3.05, 3.63) is 90.1 Å². The lowest BCUT2D eigenvalue weighted by Crippen LogP contribution is -2.49. The maximum atomic E-state index is 13.0. The maximum Gasteiger partial charge on any atom is 0.416 e. The minimum atomic E-state index is -4.42. The highest BCUT2D eigenvalue weighted by Crippen LogP contribution is 2.31. The van der Waals surface area contributed by atoms with E-state index >= 15 is 0 Å². The molecule has 1 fully saturated rings. The normalized spacial score (nSPS) is 14.3. The average Bonchev–Trinajstić information content (AvgIpc) is 2.88. The van der Waals surface area contributed by atoms with Crippen LogP contribution in [0.5, 0.6) is 0 Å². The van der Waals surface area contributed by atoms with Crippen molar-refractivity contribution in [2.24, 2.45) is 0 Å². The predicted molar refractivity (Wildman–Crippen MR) is 129 cm³/mol. The largest absolute Gasteiger partial charge is 0.416 e. The first-order chi connectivity index (χ1) is 16.9. The number of aromatic nitrogens is 2. The Hall–Kier alpha value is -4.14. The Balaban J connectivity index is 1.23. The zero-order valence-corrected chi connectivity index (χ0v) is 18.7. The second-order valence-corrected chi connectivity index (χ2v) is 8.27. The molecule has 35 heavy (non-hydrogen) atoms. The molecule has 9 heteroatoms. The highest BCUT2D eigenvalue weighted by atomic mass is 19.4. The molecular weight excluding hydrogens is 455 g/mol. The van der Waals surface area contributed by atoms with Crippen molar-refractivity contribution in [1.82, 2.24) is 14.9 Å². The zero-order valence-electron chi connectivity index (χ0n) is 18.7. The maximum absolute atomic E-state index is 13.0. The summed E-state index contributed by atoms with van der Waals surface area (Å²) in [5.74, 6) is 1.29. The summed E-state index contributed by atoms with van der Waals surface area (Å²) in [6.45, 7) is 2.64. The van der Waals surface area contributed by atoms with Crippen LogP contribution < -0.4 is 10.2 Å². The van der Waals surface area contributed by atoms with E-state index in [-0.39, 0.29) is 11.4 Å². The molecule has 0 aliphatic carbocycles. The lowest BCUT2D eigenvalue weighted by Gasteiger charge is -2.35. The standard InChI is InChI=1S/C26H22F3N5O/c27-26(28,29)20-8-4-18-7-11-23(32-22(18)17-20)31-21-9-5-19(6-10-21)25(35)34-15-13-33(14-16-34)24-3-1-2-12-30-24/h1-12,17H,13-16H2,(H,31,32). The van der Waals surface area contributed by atoms with Gasteiger partial charge < -0.3 is 15.1 Å². The number of anilines is 3. The number of benzene rings is 2. The van der Waals surface area contributed by atoms with Gasteiger partial charge in [-0.15, -0.1) is 0 Å². The molecule has 0 spiro atoms. The quantitative estimate of drug-likeness (QED) is 0.429. The number of nitrogens with one attached hydrogen (secondary N) is 1. The van der Waals surface area contributed by atoms with Gasteiger partial charge in [0.1, 0.15) is 11.6 Å². The number of rotatable bonds is 4. The van der Waals surface area contributed by atoms with E-state index in [0.29, 0.717) is 48.6 Å². The summed E-state index contributed by atoms with van der Waals surface area (Å²) < 4.78 is 39.1. The lowest BCUT2D eigenvalue weighted by molar-refractivity contribution is -0.137. The third-order valence-electron chi connectivity index (χ3n) is 5.96. The molecule has 3 heterocycles. The fraction of sp³-hybridized carbons (Fsp3) is 0.192. The fourth-order valence-electron chi connectivity index (χ4n) is 4.07. The summed E-state index contributed by atoms with van der Waals surface area (Å²) >= 11 is 0. The van der Waals surface area contributed by atoms with Crippen molar-refractivity contribution in [3.63, 3.8) is 0 Å². The summed E-state index contributed by atoms with van der Waals surface area (Å²) in [6.07, 6.45) is -2.66. The minimum Gasteiger partial charge on any atom is -0.353 e. The molecule has 0 radical (unpaired) electrons. The monoisotopic (exact) mass is 477 g/mol. The lowest BCUT2D eigenvalue weighted by atomic mass is 10.1. The first kappa shape index (κ1) is 22.6. The van der Waals surface area contributed by atoms with E-state index in [2.05, 4.69) is 20.2 Å². The molecule has 0 atom stereocenters. The van der Waals surface area contributed by atoms with E-state index in [0.717, 1.165) is 18.0 Å². The molecular formula is C26H22F3N5O. The van der Waals surface area contributed by atoms with Crippen LogP contribution in [0.1, 0.15) is 15.9 Å². The van der Waals surface area contributed by atoms with Gasteiger partial charge in [-0.3, -0.25) is 4.79 Å². The van der Waals surface area contributed by atoms with Crippen LogP contribution >= 0.6 is 0 Å². The molecule has 178 valence electrons. The van der Waals surface area contributed by atoms with Crippen molar-refractivity contribution < 1.29 is 18.0 Å². The van der Waals surface area contributed by atoms with Crippen molar-refractivity contribution in [3.8, 4) is 0 Å². The molecule has 0 bridgehead atoms. The molecule has 1 aliphatic rings. The van der Waals surface area contributed by atoms with Crippen molar-refractivity contribution in [2.75, 3.05) is 36.4 Å². The highest BCUT2D eigenvalue weighted by molar-refractivity contribution is 5.94. The number of pyridine rings is 2. The molecule has 5 rings (SSSR count). The average molecular weight is 477 g/mol. The number of hydrogen-bond acceptors (Lipinski definition) is 5. The third-order valence-corrected chi connectivity index (χ3v) is 5.96. The number of piperazine rings is 1. The Morgan fingerprint density at radius 2 is 1.63 bits per heavy atom. The summed E-state index contributed by atoms with van der Waals surface area (Å²) in [7, 11) is 0. The van der Waals surface area contributed by atoms with Crippen LogP contribution in [0.25, 0.3) is 10.9 Å². The number of nitrogens with zero attached hydrogens (tertiary/aromatic N) is 4. The number of fused-ring (bicyclic) bond motifs is 1. The molecule has 1 N–H and O–H groups in total. The molecule has 1 aliphatic heterocycles. The van der Waals surface area contributed by atoms with Gasteiger partial charge in [0.25, 0.3) is 5.91 Å². The second kappa shape index (κ2) is 9.25. The number of amides is 1. The van der Waals surface area contributed by atoms with E-state index in [4.69, 9.17) is 0 Å². The van der Waals surface area contributed by atoms with Crippen LogP contribution in [0, 0.1) is 0 Å². The van der Waals surface area contributed by atoms with Crippen molar-refractivity contribution in [1.29, 1.82) is 0 Å². The first-order valence-electron chi connectivity index (χ1n) is 11.2. The van der Waals surface area contributed by atoms with E-state index in [9.17, 15) is 18.0 Å². The van der Waals surface area contributed by atoms with E-state index in [1.54, 1.807) is 42.6 Å². The van der Waals surface area contributed by atoms with Gasteiger partial charge in [0.2, 0.25) is 0 Å². The van der Waals surface area contributed by atoms with Crippen LogP contribution in [-0.2, 0) is 6.18 Å². The smallest absolute Gasteiger partial charge is 0.353 e. The number of alkyl halides is 3. The molecule has 2 aromatic heterocycles. The van der Waals surface area contributed by atoms with Gasteiger partial charge in [-0.05, 0) is 60.7 Å². The Bertz CT molecular complexity index is 1330. The van der Waals surface area contributed by atoms with Crippen LogP contribution in [0.4, 0.5) is 30.5 Å². The Labute approximate surface area is 200 Å². The van der Waals surface area contributed by atoms with Crippen molar-refractivity contribution in [2.45, 2.75) is 6.18 Å². The van der Waals surface area contributed by atoms with Crippen molar-refractivity contribution >= 4 is 34.1 Å². The van der Waals surface area contributed by atoms with Gasteiger partial charge in [-0.2, -0.15) is 13.2 Å². The second-order valence-electron chi connectivity index (χ2n) is 8.27. The summed E-state index contributed by atoms with van der Waals surface area (Å²) in [5, 5.41) is 3.71. The highest BCUT2D eigenvalue weighted by Gasteiger charge is 2.30. The van der Waals surface area contributed by atoms with E-state index in [1.807, 2.05) is 23.1 Å². The first-order valence-corrected chi connectivity index (χ1v) is 11.2. The van der Waals surface area contributed by atoms with Gasteiger partial charge in [0.05, 0.1) is 11.1 Å². The fourth-order valence-corrected chi connectivity index (χ4v) is 4.07. The Morgan fingerprint density at radius 3 is 2.31 bits per heavy atom. The van der Waals surface area contributed by atoms with Crippen LogP contribution in [0.15, 0.2) is 79.0 Å². The van der Waals surface area contributed by atoms with Gasteiger partial charge in [-0.1, -0.05) is 12.1 Å². The molecule has 6 nitrogen and oxygen atoms in total. The van der Waals surface area contributed by atoms with Crippen LogP contribution in [-0.4, -0.2) is 47.0 Å². The number of hydrogen-bond donors (Lipinski definition) is 1. The molecule has 0 unspecified atom stereocenters. The zero-order chi connectivity index (χ0) is 24.4. The van der Waals surface area contributed by atoms with Crippen LogP contribution in [0.3, 0.4) is 0 Å². The molecule has 4 aromatic rings. The van der Waals surface area contributed by atoms with Gasteiger partial charge in [0, 0.05) is 49.0 Å². The SMILES string of the molecule is O=C(c1ccc(Nc2ccc3ccc(C(F)(F)F)cc3n2)cc1)N1CCN(c2ccccn2)CC1. The number of carbonyl (C=O) groups excluding carboxylic acids is 1. The van der Waals surface area contributed by atoms with E-state index in [1.165, 1.54) is 6.07 Å². The number of halogens is 3.